The third-order valence-corrected chi connectivity index (χ3v) is 1.94. The summed E-state index contributed by atoms with van der Waals surface area (Å²) < 4.78 is 9.71. The molecule has 0 aromatic rings. The van der Waals surface area contributed by atoms with Crippen molar-refractivity contribution >= 4 is 11.9 Å². The van der Waals surface area contributed by atoms with Crippen LogP contribution in [0.4, 0.5) is 0 Å². The molecule has 0 aromatic carbocycles. The summed E-state index contributed by atoms with van der Waals surface area (Å²) in [5, 5.41) is 0. The van der Waals surface area contributed by atoms with Crippen LogP contribution < -0.4 is 0 Å². The van der Waals surface area contributed by atoms with Crippen LogP contribution in [0.3, 0.4) is 0 Å². The van der Waals surface area contributed by atoms with Gasteiger partial charge < -0.3 is 9.47 Å². The van der Waals surface area contributed by atoms with Crippen LogP contribution in [0.25, 0.3) is 0 Å². The second kappa shape index (κ2) is 10.2. The van der Waals surface area contributed by atoms with Gasteiger partial charge in [0.1, 0.15) is 6.61 Å². The minimum atomic E-state index is -0.203. The molecule has 0 saturated heterocycles. The Morgan fingerprint density at radius 2 is 1.88 bits per heavy atom. The molecule has 0 aromatic heterocycles. The Kier molecular flexibility index (Phi) is 9.36. The van der Waals surface area contributed by atoms with Crippen LogP contribution in [-0.2, 0) is 19.1 Å². The van der Waals surface area contributed by atoms with Crippen molar-refractivity contribution in [1.82, 2.24) is 0 Å². The molecule has 0 aliphatic heterocycles. The maximum atomic E-state index is 11.0. The molecule has 0 N–H and O–H groups in total. The molecule has 0 saturated carbocycles. The maximum Gasteiger partial charge on any atom is 0.306 e. The third kappa shape index (κ3) is 9.24. The number of hydrogen-bond acceptors (Lipinski definition) is 4. The zero-order valence-electron chi connectivity index (χ0n) is 9.87. The summed E-state index contributed by atoms with van der Waals surface area (Å²) in [6.07, 6.45) is 4.78. The van der Waals surface area contributed by atoms with E-state index in [0.29, 0.717) is 19.4 Å². The van der Waals surface area contributed by atoms with Crippen molar-refractivity contribution in [2.24, 2.45) is 0 Å². The van der Waals surface area contributed by atoms with E-state index in [2.05, 4.69) is 6.58 Å². The van der Waals surface area contributed by atoms with E-state index in [4.69, 9.17) is 9.47 Å². The van der Waals surface area contributed by atoms with Crippen molar-refractivity contribution in [2.45, 2.75) is 39.0 Å². The van der Waals surface area contributed by atoms with Crippen molar-refractivity contribution < 1.29 is 19.1 Å². The quantitative estimate of drug-likeness (QED) is 0.345. The highest BCUT2D eigenvalue weighted by Gasteiger charge is 2.01. The highest BCUT2D eigenvalue weighted by Crippen LogP contribution is 2.02. The second-order valence-corrected chi connectivity index (χ2v) is 3.36. The average molecular weight is 228 g/mol. The molecule has 0 spiro atoms. The van der Waals surface area contributed by atoms with Crippen LogP contribution in [0.2, 0.25) is 0 Å². The summed E-state index contributed by atoms with van der Waals surface area (Å²) in [5.41, 5.74) is 0. The SMILES string of the molecule is C=CCOC(=O)CCCCCOC(=O)CC. The number of carbonyl (C=O) groups excluding carboxylic acids is 2. The lowest BCUT2D eigenvalue weighted by Gasteiger charge is -2.03. The first kappa shape index (κ1) is 14.7. The molecule has 16 heavy (non-hydrogen) atoms. The van der Waals surface area contributed by atoms with Crippen LogP contribution in [0.5, 0.6) is 0 Å². The minimum absolute atomic E-state index is 0.176. The molecule has 0 unspecified atom stereocenters. The molecule has 0 rings (SSSR count). The fraction of sp³-hybridized carbons (Fsp3) is 0.667. The van der Waals surface area contributed by atoms with E-state index >= 15 is 0 Å². The Morgan fingerprint density at radius 3 is 2.50 bits per heavy atom. The van der Waals surface area contributed by atoms with E-state index in [1.54, 1.807) is 13.0 Å². The molecule has 0 aliphatic carbocycles. The van der Waals surface area contributed by atoms with Crippen LogP contribution in [0.15, 0.2) is 12.7 Å². The summed E-state index contributed by atoms with van der Waals surface area (Å²) in [5.74, 6) is -0.379. The predicted octanol–water partition coefficient (Wildman–Crippen LogP) is 2.23. The molecule has 4 heteroatoms. The largest absolute Gasteiger partial charge is 0.466 e. The molecule has 0 atom stereocenters. The maximum absolute atomic E-state index is 11.0. The van der Waals surface area contributed by atoms with Gasteiger partial charge in [0.2, 0.25) is 0 Å². The van der Waals surface area contributed by atoms with Crippen molar-refractivity contribution in [3.8, 4) is 0 Å². The van der Waals surface area contributed by atoms with Crippen LogP contribution in [0, 0.1) is 0 Å². The number of esters is 2. The second-order valence-electron chi connectivity index (χ2n) is 3.36. The van der Waals surface area contributed by atoms with Crippen molar-refractivity contribution in [1.29, 1.82) is 0 Å². The number of unbranched alkanes of at least 4 members (excludes halogenated alkanes) is 2. The van der Waals surface area contributed by atoms with E-state index in [-0.39, 0.29) is 18.5 Å². The van der Waals surface area contributed by atoms with Gasteiger partial charge in [-0.2, -0.15) is 0 Å². The third-order valence-electron chi connectivity index (χ3n) is 1.94. The molecule has 0 radical (unpaired) electrons. The van der Waals surface area contributed by atoms with Crippen LogP contribution in [-0.4, -0.2) is 25.2 Å². The molecule has 92 valence electrons. The van der Waals surface area contributed by atoms with Crippen LogP contribution >= 0.6 is 0 Å². The molecule has 4 nitrogen and oxygen atoms in total. The molecular weight excluding hydrogens is 208 g/mol. The average Bonchev–Trinajstić information content (AvgIpc) is 2.30. The molecule has 0 bridgehead atoms. The zero-order valence-corrected chi connectivity index (χ0v) is 9.87. The lowest BCUT2D eigenvalue weighted by molar-refractivity contribution is -0.144. The van der Waals surface area contributed by atoms with Gasteiger partial charge in [0.05, 0.1) is 6.61 Å². The standard InChI is InChI=1S/C12H20O4/c1-3-9-15-12(14)8-6-5-7-10-16-11(13)4-2/h3H,1,4-10H2,2H3. The van der Waals surface area contributed by atoms with Crippen molar-refractivity contribution in [2.75, 3.05) is 13.2 Å². The minimum Gasteiger partial charge on any atom is -0.466 e. The van der Waals surface area contributed by atoms with Gasteiger partial charge >= 0.3 is 11.9 Å². The van der Waals surface area contributed by atoms with Gasteiger partial charge in [-0.25, -0.2) is 0 Å². The summed E-state index contributed by atoms with van der Waals surface area (Å²) in [7, 11) is 0. The molecule has 0 amide bonds. The highest BCUT2D eigenvalue weighted by molar-refractivity contribution is 5.69. The predicted molar refractivity (Wildman–Crippen MR) is 60.9 cm³/mol. The first-order valence-electron chi connectivity index (χ1n) is 5.62. The Morgan fingerprint density at radius 1 is 1.12 bits per heavy atom. The fourth-order valence-corrected chi connectivity index (χ4v) is 1.06. The Balaban J connectivity index is 3.23. The number of rotatable bonds is 9. The normalized spacial score (nSPS) is 9.56. The topological polar surface area (TPSA) is 52.6 Å². The molecule has 0 heterocycles. The van der Waals surface area contributed by atoms with Gasteiger partial charge in [0.25, 0.3) is 0 Å². The Hall–Kier alpha value is -1.32. The van der Waals surface area contributed by atoms with E-state index in [9.17, 15) is 9.59 Å². The van der Waals surface area contributed by atoms with E-state index in [0.717, 1.165) is 19.3 Å². The molecule has 0 fully saturated rings. The fourth-order valence-electron chi connectivity index (χ4n) is 1.06. The number of hydrogen-bond donors (Lipinski definition) is 0. The van der Waals surface area contributed by atoms with Gasteiger partial charge in [-0.05, 0) is 19.3 Å². The van der Waals surface area contributed by atoms with Gasteiger partial charge in [-0.3, -0.25) is 9.59 Å². The number of carbonyl (C=O) groups is 2. The van der Waals surface area contributed by atoms with E-state index in [1.807, 2.05) is 0 Å². The van der Waals surface area contributed by atoms with Gasteiger partial charge in [0.15, 0.2) is 0 Å². The molecular formula is C12H20O4. The van der Waals surface area contributed by atoms with Crippen molar-refractivity contribution in [3.63, 3.8) is 0 Å². The van der Waals surface area contributed by atoms with Gasteiger partial charge in [0, 0.05) is 12.8 Å². The Bertz CT molecular complexity index is 223. The molecule has 0 aliphatic rings. The van der Waals surface area contributed by atoms with Crippen molar-refractivity contribution in [3.05, 3.63) is 12.7 Å². The smallest absolute Gasteiger partial charge is 0.306 e. The van der Waals surface area contributed by atoms with Gasteiger partial charge in [-0.1, -0.05) is 19.6 Å². The first-order valence-corrected chi connectivity index (χ1v) is 5.62. The first-order chi connectivity index (χ1) is 7.70. The van der Waals surface area contributed by atoms with E-state index in [1.165, 1.54) is 0 Å². The highest BCUT2D eigenvalue weighted by atomic mass is 16.5. The van der Waals surface area contributed by atoms with E-state index < -0.39 is 0 Å². The summed E-state index contributed by atoms with van der Waals surface area (Å²) in [6, 6.07) is 0. The summed E-state index contributed by atoms with van der Waals surface area (Å²) in [6.45, 7) is 5.92. The zero-order chi connectivity index (χ0) is 12.2. The van der Waals surface area contributed by atoms with Gasteiger partial charge in [-0.15, -0.1) is 0 Å². The monoisotopic (exact) mass is 228 g/mol. The lowest BCUT2D eigenvalue weighted by Crippen LogP contribution is -2.05. The lowest BCUT2D eigenvalue weighted by atomic mass is 10.2. The summed E-state index contributed by atoms with van der Waals surface area (Å²) in [4.78, 5) is 21.8. The number of ether oxygens (including phenoxy) is 2. The summed E-state index contributed by atoms with van der Waals surface area (Å²) >= 11 is 0. The Labute approximate surface area is 96.6 Å². The van der Waals surface area contributed by atoms with Crippen LogP contribution in [0.1, 0.15) is 39.0 Å².